The first-order valence-electron chi connectivity index (χ1n) is 5.57. The molecule has 104 valence electrons. The van der Waals surface area contributed by atoms with Crippen LogP contribution in [0.2, 0.25) is 5.02 Å². The number of aromatic nitrogens is 1. The quantitative estimate of drug-likeness (QED) is 0.884. The zero-order valence-electron chi connectivity index (χ0n) is 10.5. The molecule has 1 amide bonds. The lowest BCUT2D eigenvalue weighted by Crippen LogP contribution is -2.13. The Morgan fingerprint density at radius 1 is 1.45 bits per heavy atom. The third kappa shape index (κ3) is 3.20. The number of nitrogen functional groups attached to an aromatic ring is 1. The molecule has 0 unspecified atom stereocenters. The molecule has 5 nitrogen and oxygen atoms in total. The van der Waals surface area contributed by atoms with E-state index in [0.29, 0.717) is 11.4 Å². The fraction of sp³-hybridized carbons (Fsp3) is 0.0769. The molecule has 0 radical (unpaired) electrons. The van der Waals surface area contributed by atoms with Crippen molar-refractivity contribution in [2.24, 2.45) is 0 Å². The number of carbonyl (C=O) groups excluding carboxylic acids is 1. The highest BCUT2D eigenvalue weighted by molar-refractivity contribution is 9.10. The van der Waals surface area contributed by atoms with Gasteiger partial charge in [0, 0.05) is 18.0 Å². The van der Waals surface area contributed by atoms with E-state index in [1.807, 2.05) is 0 Å². The number of rotatable bonds is 3. The van der Waals surface area contributed by atoms with Crippen molar-refractivity contribution in [3.63, 3.8) is 0 Å². The number of ether oxygens (including phenoxy) is 1. The van der Waals surface area contributed by atoms with E-state index in [1.54, 1.807) is 25.3 Å². The molecule has 2 rings (SSSR count). The van der Waals surface area contributed by atoms with Crippen molar-refractivity contribution in [1.82, 2.24) is 4.98 Å². The van der Waals surface area contributed by atoms with Crippen molar-refractivity contribution in [1.29, 1.82) is 0 Å². The summed E-state index contributed by atoms with van der Waals surface area (Å²) in [6.45, 7) is 0. The first kappa shape index (κ1) is 14.6. The normalized spacial score (nSPS) is 10.2. The van der Waals surface area contributed by atoms with Gasteiger partial charge in [0.1, 0.15) is 11.6 Å². The number of carbonyl (C=O) groups is 1. The summed E-state index contributed by atoms with van der Waals surface area (Å²) >= 11 is 9.27. The number of hydrogen-bond acceptors (Lipinski definition) is 4. The van der Waals surface area contributed by atoms with Crippen LogP contribution in [0.15, 0.2) is 34.9 Å². The molecule has 7 heteroatoms. The Balaban J connectivity index is 2.25. The van der Waals surface area contributed by atoms with Crippen LogP contribution in [0.4, 0.5) is 11.5 Å². The zero-order valence-corrected chi connectivity index (χ0v) is 12.8. The molecule has 0 aliphatic rings. The van der Waals surface area contributed by atoms with Crippen molar-refractivity contribution in [3.8, 4) is 5.75 Å². The van der Waals surface area contributed by atoms with Crippen molar-refractivity contribution in [3.05, 3.63) is 45.5 Å². The monoisotopic (exact) mass is 355 g/mol. The van der Waals surface area contributed by atoms with Crippen LogP contribution in [0.3, 0.4) is 0 Å². The zero-order chi connectivity index (χ0) is 14.7. The van der Waals surface area contributed by atoms with E-state index in [4.69, 9.17) is 22.1 Å². The molecule has 0 saturated heterocycles. The van der Waals surface area contributed by atoms with E-state index in [1.165, 1.54) is 12.3 Å². The largest absolute Gasteiger partial charge is 0.495 e. The average Bonchev–Trinajstić information content (AvgIpc) is 2.43. The van der Waals surface area contributed by atoms with Crippen molar-refractivity contribution in [2.45, 2.75) is 0 Å². The molecule has 0 saturated carbocycles. The van der Waals surface area contributed by atoms with Crippen molar-refractivity contribution >= 4 is 44.9 Å². The van der Waals surface area contributed by atoms with Crippen LogP contribution in [0.1, 0.15) is 10.4 Å². The molecule has 0 aliphatic carbocycles. The maximum Gasteiger partial charge on any atom is 0.257 e. The van der Waals surface area contributed by atoms with E-state index < -0.39 is 0 Å². The number of benzene rings is 1. The second-order valence-corrected chi connectivity index (χ2v) is 5.15. The smallest absolute Gasteiger partial charge is 0.257 e. The van der Waals surface area contributed by atoms with Gasteiger partial charge < -0.3 is 15.8 Å². The van der Waals surface area contributed by atoms with Gasteiger partial charge in [0.2, 0.25) is 0 Å². The minimum atomic E-state index is -0.367. The Morgan fingerprint density at radius 2 is 2.20 bits per heavy atom. The van der Waals surface area contributed by atoms with Crippen LogP contribution in [0, 0.1) is 0 Å². The molecule has 1 heterocycles. The summed E-state index contributed by atoms with van der Waals surface area (Å²) in [5.74, 6) is 0.476. The van der Waals surface area contributed by atoms with Crippen LogP contribution in [-0.2, 0) is 0 Å². The predicted octanol–water partition coefficient (Wildman–Crippen LogP) is 3.34. The maximum absolute atomic E-state index is 12.1. The Bertz CT molecular complexity index is 664. The highest BCUT2D eigenvalue weighted by atomic mass is 79.9. The van der Waals surface area contributed by atoms with Gasteiger partial charge in [-0.15, -0.1) is 0 Å². The fourth-order valence-corrected chi connectivity index (χ4v) is 2.16. The van der Waals surface area contributed by atoms with Crippen LogP contribution in [0.5, 0.6) is 5.75 Å². The first-order valence-corrected chi connectivity index (χ1v) is 6.74. The highest BCUT2D eigenvalue weighted by Gasteiger charge is 2.12. The maximum atomic E-state index is 12.1. The summed E-state index contributed by atoms with van der Waals surface area (Å²) in [5.41, 5.74) is 6.40. The van der Waals surface area contributed by atoms with Gasteiger partial charge in [0.25, 0.3) is 5.91 Å². The number of nitrogens with zero attached hydrogens (tertiary/aromatic N) is 1. The van der Waals surface area contributed by atoms with Gasteiger partial charge in [0.15, 0.2) is 0 Å². The lowest BCUT2D eigenvalue weighted by Gasteiger charge is -2.09. The molecular weight excluding hydrogens is 346 g/mol. The van der Waals surface area contributed by atoms with E-state index in [-0.39, 0.29) is 22.3 Å². The van der Waals surface area contributed by atoms with E-state index in [2.05, 4.69) is 26.2 Å². The number of pyridine rings is 1. The number of methoxy groups -OCH3 is 1. The Hall–Kier alpha value is -1.79. The fourth-order valence-electron chi connectivity index (χ4n) is 1.56. The average molecular weight is 357 g/mol. The first-order chi connectivity index (χ1) is 9.51. The van der Waals surface area contributed by atoms with E-state index in [0.717, 1.165) is 4.47 Å². The van der Waals surface area contributed by atoms with Gasteiger partial charge in [-0.1, -0.05) is 11.6 Å². The third-order valence-electron chi connectivity index (χ3n) is 2.53. The number of nitrogens with two attached hydrogens (primary N) is 1. The minimum absolute atomic E-state index is 0.230. The second kappa shape index (κ2) is 6.11. The molecule has 20 heavy (non-hydrogen) atoms. The molecule has 0 atom stereocenters. The Kier molecular flexibility index (Phi) is 4.46. The molecular formula is C13H11BrClN3O2. The predicted molar refractivity (Wildman–Crippen MR) is 82.3 cm³/mol. The number of hydrogen-bond donors (Lipinski definition) is 2. The highest BCUT2D eigenvalue weighted by Crippen LogP contribution is 2.28. The summed E-state index contributed by atoms with van der Waals surface area (Å²) in [6, 6.07) is 6.63. The van der Waals surface area contributed by atoms with E-state index in [9.17, 15) is 4.79 Å². The summed E-state index contributed by atoms with van der Waals surface area (Å²) in [6.07, 6.45) is 1.34. The summed E-state index contributed by atoms with van der Waals surface area (Å²) in [7, 11) is 1.55. The lowest BCUT2D eigenvalue weighted by atomic mass is 10.2. The molecule has 0 bridgehead atoms. The third-order valence-corrected chi connectivity index (χ3v) is 3.49. The summed E-state index contributed by atoms with van der Waals surface area (Å²) in [4.78, 5) is 15.9. The molecule has 1 aromatic carbocycles. The van der Waals surface area contributed by atoms with Gasteiger partial charge in [0.05, 0.1) is 22.2 Å². The minimum Gasteiger partial charge on any atom is -0.495 e. The molecule has 0 aliphatic heterocycles. The molecule has 3 N–H and O–H groups in total. The van der Waals surface area contributed by atoms with Crippen LogP contribution >= 0.6 is 27.5 Å². The summed E-state index contributed by atoms with van der Waals surface area (Å²) < 4.78 is 5.96. The Morgan fingerprint density at radius 3 is 2.90 bits per heavy atom. The number of nitrogens with one attached hydrogen (secondary N) is 1. The molecule has 1 aromatic heterocycles. The Labute approximate surface area is 129 Å². The standard InChI is InChI=1S/C13H11BrClN3O2/c1-20-11-4-7(2-3-9(11)14)18-13(19)8-5-12(16)17-6-10(8)15/h2-6H,1H3,(H2,16,17)(H,18,19). The van der Waals surface area contributed by atoms with Crippen molar-refractivity contribution < 1.29 is 9.53 Å². The van der Waals surface area contributed by atoms with Gasteiger partial charge in [-0.25, -0.2) is 4.98 Å². The van der Waals surface area contributed by atoms with Gasteiger partial charge >= 0.3 is 0 Å². The van der Waals surface area contributed by atoms with Crippen LogP contribution < -0.4 is 15.8 Å². The lowest BCUT2D eigenvalue weighted by molar-refractivity contribution is 0.102. The van der Waals surface area contributed by atoms with E-state index >= 15 is 0 Å². The SMILES string of the molecule is COc1cc(NC(=O)c2cc(N)ncc2Cl)ccc1Br. The van der Waals surface area contributed by atoms with Gasteiger partial charge in [-0.05, 0) is 34.1 Å². The topological polar surface area (TPSA) is 77.2 Å². The van der Waals surface area contributed by atoms with Gasteiger partial charge in [-0.2, -0.15) is 0 Å². The number of anilines is 2. The molecule has 0 spiro atoms. The molecule has 2 aromatic rings. The molecule has 0 fully saturated rings. The number of amides is 1. The second-order valence-electron chi connectivity index (χ2n) is 3.89. The van der Waals surface area contributed by atoms with Crippen LogP contribution in [0.25, 0.3) is 0 Å². The van der Waals surface area contributed by atoms with Crippen molar-refractivity contribution in [2.75, 3.05) is 18.2 Å². The summed E-state index contributed by atoms with van der Waals surface area (Å²) in [5, 5.41) is 2.96. The number of halogens is 2. The van der Waals surface area contributed by atoms with Gasteiger partial charge in [-0.3, -0.25) is 4.79 Å². The van der Waals surface area contributed by atoms with Crippen LogP contribution in [-0.4, -0.2) is 18.0 Å².